The van der Waals surface area contributed by atoms with Gasteiger partial charge in [0.25, 0.3) is 5.65 Å². The number of aromatic amines is 2. The van der Waals surface area contributed by atoms with Gasteiger partial charge >= 0.3 is 18.0 Å². The quantitative estimate of drug-likeness (QED) is 0.550. The van der Waals surface area contributed by atoms with Crippen LogP contribution in [0.1, 0.15) is 0 Å². The summed E-state index contributed by atoms with van der Waals surface area (Å²) < 4.78 is 67.5. The number of sulfonamides is 1. The molecule has 32 heavy (non-hydrogen) atoms. The molecule has 0 radical (unpaired) electrons. The highest BCUT2D eigenvalue weighted by Crippen LogP contribution is 2.27. The standard InChI is InChI=1S/C17H15F3N6O5S/c18-17(19,20)31-10-1-3-11(4-2-10)32(29,30)26-6-5-25(8-12(26)16(27)28)13-7-21-14-15(24-13)23-9-22-14/h1-4,7,9,12H,5-6,8H2,(H,27,28)(H,21,22,23,24)/p+1/t12-/m1/s1. The number of carbonyl (C=O) groups is 1. The maximum Gasteiger partial charge on any atom is 0.573 e. The van der Waals surface area contributed by atoms with Crippen molar-refractivity contribution in [3.63, 3.8) is 0 Å². The average molecular weight is 473 g/mol. The predicted molar refractivity (Wildman–Crippen MR) is 101 cm³/mol. The Morgan fingerprint density at radius 1 is 1.25 bits per heavy atom. The number of nitrogens with one attached hydrogen (secondary N) is 2. The first-order chi connectivity index (χ1) is 15.0. The van der Waals surface area contributed by atoms with Crippen molar-refractivity contribution in [3.05, 3.63) is 36.8 Å². The van der Waals surface area contributed by atoms with E-state index in [-0.39, 0.29) is 24.5 Å². The number of hydrogen-bond donors (Lipinski definition) is 2. The normalized spacial score (nSPS) is 18.1. The second kappa shape index (κ2) is 7.90. The molecule has 11 nitrogen and oxygen atoms in total. The fourth-order valence-corrected chi connectivity index (χ4v) is 4.89. The van der Waals surface area contributed by atoms with Gasteiger partial charge in [-0.25, -0.2) is 13.4 Å². The fourth-order valence-electron chi connectivity index (χ4n) is 3.32. The van der Waals surface area contributed by atoms with E-state index in [1.54, 1.807) is 4.90 Å². The number of carboxylic acids is 1. The number of carboxylic acid groups (broad SMARTS) is 1. The molecule has 0 amide bonds. The number of hydrogen-bond acceptors (Lipinski definition) is 7. The third kappa shape index (κ3) is 4.29. The van der Waals surface area contributed by atoms with Crippen molar-refractivity contribution in [2.24, 2.45) is 0 Å². The molecule has 1 aliphatic heterocycles. The number of aromatic nitrogens is 4. The van der Waals surface area contributed by atoms with Gasteiger partial charge in [0.05, 0.1) is 4.90 Å². The Hall–Kier alpha value is -3.46. The van der Waals surface area contributed by atoms with Crippen LogP contribution in [0.5, 0.6) is 5.75 Å². The van der Waals surface area contributed by atoms with Gasteiger partial charge in [-0.1, -0.05) is 0 Å². The summed E-state index contributed by atoms with van der Waals surface area (Å²) in [5.74, 6) is -1.60. The van der Waals surface area contributed by atoms with Gasteiger partial charge in [-0.05, 0) is 24.3 Å². The third-order valence-corrected chi connectivity index (χ3v) is 6.70. The number of fused-ring (bicyclic) bond motifs is 1. The molecule has 1 aromatic carbocycles. The maximum atomic E-state index is 13.0. The second-order valence-corrected chi connectivity index (χ2v) is 8.68. The molecule has 0 bridgehead atoms. The summed E-state index contributed by atoms with van der Waals surface area (Å²) in [6.07, 6.45) is -1.95. The van der Waals surface area contributed by atoms with Gasteiger partial charge in [0.2, 0.25) is 10.0 Å². The van der Waals surface area contributed by atoms with E-state index in [1.165, 1.54) is 12.5 Å². The van der Waals surface area contributed by atoms with Crippen molar-refractivity contribution in [1.82, 2.24) is 19.3 Å². The highest BCUT2D eigenvalue weighted by Gasteiger charge is 2.41. The fraction of sp³-hybridized carbons (Fsp3) is 0.294. The number of imidazole rings is 1. The lowest BCUT2D eigenvalue weighted by Gasteiger charge is -2.38. The summed E-state index contributed by atoms with van der Waals surface area (Å²) >= 11 is 0. The number of aliphatic carboxylic acids is 1. The second-order valence-electron chi connectivity index (χ2n) is 6.79. The van der Waals surface area contributed by atoms with E-state index in [1.807, 2.05) is 0 Å². The Kier molecular flexibility index (Phi) is 5.37. The molecule has 0 unspecified atom stereocenters. The van der Waals surface area contributed by atoms with Crippen molar-refractivity contribution in [1.29, 1.82) is 0 Å². The minimum atomic E-state index is -4.92. The smallest absolute Gasteiger partial charge is 0.480 e. The molecule has 15 heteroatoms. The zero-order chi connectivity index (χ0) is 23.1. The van der Waals surface area contributed by atoms with Crippen LogP contribution in [0.4, 0.5) is 19.0 Å². The van der Waals surface area contributed by atoms with Gasteiger partial charge in [0.1, 0.15) is 18.0 Å². The van der Waals surface area contributed by atoms with Crippen LogP contribution in [0.2, 0.25) is 0 Å². The predicted octanol–water partition coefficient (Wildman–Crippen LogP) is 0.635. The van der Waals surface area contributed by atoms with Crippen LogP contribution in [-0.4, -0.2) is 70.8 Å². The molecular weight excluding hydrogens is 457 g/mol. The monoisotopic (exact) mass is 473 g/mol. The van der Waals surface area contributed by atoms with E-state index in [0.717, 1.165) is 28.6 Å². The van der Waals surface area contributed by atoms with E-state index < -0.39 is 34.1 Å². The van der Waals surface area contributed by atoms with Crippen LogP contribution in [0.25, 0.3) is 11.3 Å². The Morgan fingerprint density at radius 2 is 1.97 bits per heavy atom. The summed E-state index contributed by atoms with van der Waals surface area (Å²) in [5, 5.41) is 9.67. The number of ether oxygens (including phenoxy) is 1. The molecule has 170 valence electrons. The van der Waals surface area contributed by atoms with E-state index in [4.69, 9.17) is 0 Å². The van der Waals surface area contributed by atoms with E-state index in [9.17, 15) is 31.5 Å². The summed E-state index contributed by atoms with van der Waals surface area (Å²) in [5.41, 5.74) is 0.952. The van der Waals surface area contributed by atoms with Gasteiger partial charge in [0, 0.05) is 19.6 Å². The highest BCUT2D eigenvalue weighted by atomic mass is 32.2. The van der Waals surface area contributed by atoms with Gasteiger partial charge in [-0.3, -0.25) is 9.78 Å². The number of benzene rings is 1. The molecule has 3 heterocycles. The van der Waals surface area contributed by atoms with Gasteiger partial charge in [0.15, 0.2) is 12.1 Å². The van der Waals surface area contributed by atoms with Gasteiger partial charge in [-0.15, -0.1) is 18.2 Å². The number of H-pyrrole nitrogens is 2. The first-order valence-electron chi connectivity index (χ1n) is 9.12. The first kappa shape index (κ1) is 21.8. The molecule has 0 saturated carbocycles. The third-order valence-electron chi connectivity index (χ3n) is 4.78. The van der Waals surface area contributed by atoms with E-state index in [2.05, 4.69) is 24.7 Å². The van der Waals surface area contributed by atoms with Crippen molar-refractivity contribution in [2.75, 3.05) is 24.5 Å². The SMILES string of the molecule is O=C(O)[C@H]1CN(c2cnc3[nH+]c[nH]c3n2)CCN1S(=O)(=O)c1ccc(OC(F)(F)F)cc1. The molecule has 3 N–H and O–H groups in total. The van der Waals surface area contributed by atoms with E-state index in [0.29, 0.717) is 17.1 Å². The Bertz CT molecular complexity index is 1250. The number of alkyl halides is 3. The molecule has 1 fully saturated rings. The summed E-state index contributed by atoms with van der Waals surface area (Å²) in [4.78, 5) is 27.3. The van der Waals surface area contributed by atoms with Gasteiger partial charge in [-0.2, -0.15) is 9.29 Å². The molecule has 4 rings (SSSR count). The summed E-state index contributed by atoms with van der Waals surface area (Å²) in [7, 11) is -4.31. The van der Waals surface area contributed by atoms with Crippen molar-refractivity contribution in [3.8, 4) is 5.75 Å². The number of rotatable bonds is 5. The molecule has 1 aliphatic rings. The number of halogens is 3. The largest absolute Gasteiger partial charge is 0.573 e. The van der Waals surface area contributed by atoms with E-state index >= 15 is 0 Å². The number of piperazine rings is 1. The molecule has 3 aromatic rings. The molecule has 1 atom stereocenters. The Labute approximate surface area is 178 Å². The van der Waals surface area contributed by atoms with Crippen LogP contribution in [0.3, 0.4) is 0 Å². The lowest BCUT2D eigenvalue weighted by Crippen LogP contribution is -2.58. The van der Waals surface area contributed by atoms with Crippen LogP contribution < -0.4 is 14.6 Å². The number of nitrogens with zero attached hydrogens (tertiary/aromatic N) is 4. The van der Waals surface area contributed by atoms with Crippen molar-refractivity contribution < 1.29 is 41.2 Å². The summed E-state index contributed by atoms with van der Waals surface area (Å²) in [6, 6.07) is 2.12. The molecule has 1 saturated heterocycles. The van der Waals surface area contributed by atoms with Crippen LogP contribution >= 0.6 is 0 Å². The molecular formula is C17H16F3N6O5S+. The zero-order valence-corrected chi connectivity index (χ0v) is 16.9. The first-order valence-corrected chi connectivity index (χ1v) is 10.6. The number of anilines is 1. The molecule has 2 aromatic heterocycles. The van der Waals surface area contributed by atoms with Crippen LogP contribution in [-0.2, 0) is 14.8 Å². The lowest BCUT2D eigenvalue weighted by atomic mass is 10.2. The topological polar surface area (TPSA) is 143 Å². The zero-order valence-electron chi connectivity index (χ0n) is 16.1. The minimum Gasteiger partial charge on any atom is -0.480 e. The van der Waals surface area contributed by atoms with Crippen LogP contribution in [0.15, 0.2) is 41.7 Å². The van der Waals surface area contributed by atoms with Gasteiger partial charge < -0.3 is 14.7 Å². The Morgan fingerprint density at radius 3 is 2.62 bits per heavy atom. The lowest BCUT2D eigenvalue weighted by molar-refractivity contribution is -0.347. The highest BCUT2D eigenvalue weighted by molar-refractivity contribution is 7.89. The van der Waals surface area contributed by atoms with Crippen molar-refractivity contribution >= 4 is 33.1 Å². The maximum absolute atomic E-state index is 13.0. The average Bonchev–Trinajstić information content (AvgIpc) is 3.20. The Balaban J connectivity index is 1.57. The molecule has 0 aliphatic carbocycles. The minimum absolute atomic E-state index is 0.128. The molecule has 0 spiro atoms. The summed E-state index contributed by atoms with van der Waals surface area (Å²) in [6.45, 7) is -0.256. The van der Waals surface area contributed by atoms with Crippen LogP contribution in [0, 0.1) is 0 Å². The van der Waals surface area contributed by atoms with Crippen molar-refractivity contribution in [2.45, 2.75) is 17.3 Å².